The van der Waals surface area contributed by atoms with E-state index in [0.29, 0.717) is 5.69 Å². The zero-order valence-electron chi connectivity index (χ0n) is 10.8. The molecule has 0 atom stereocenters. The van der Waals surface area contributed by atoms with E-state index in [2.05, 4.69) is 31.1 Å². The van der Waals surface area contributed by atoms with Crippen molar-refractivity contribution in [2.75, 3.05) is 0 Å². The van der Waals surface area contributed by atoms with E-state index in [-0.39, 0.29) is 5.88 Å². The molecule has 20 heavy (non-hydrogen) atoms. The van der Waals surface area contributed by atoms with E-state index in [4.69, 9.17) is 0 Å². The fourth-order valence-electron chi connectivity index (χ4n) is 2.05. The van der Waals surface area contributed by atoms with E-state index in [0.717, 1.165) is 26.6 Å². The molecular weight excluding hydrogens is 318 g/mol. The average molecular weight is 330 g/mol. The molecule has 0 radical (unpaired) electrons. The number of para-hydroxylation sites is 1. The molecule has 5 heteroatoms. The van der Waals surface area contributed by atoms with Gasteiger partial charge in [0.2, 0.25) is 5.88 Å². The maximum absolute atomic E-state index is 9.96. The highest BCUT2D eigenvalue weighted by Gasteiger charge is 2.11. The van der Waals surface area contributed by atoms with Gasteiger partial charge in [-0.25, -0.2) is 0 Å². The van der Waals surface area contributed by atoms with E-state index < -0.39 is 0 Å². The van der Waals surface area contributed by atoms with Crippen LogP contribution in [-0.2, 0) is 0 Å². The van der Waals surface area contributed by atoms with Crippen molar-refractivity contribution >= 4 is 38.2 Å². The number of benzene rings is 2. The van der Waals surface area contributed by atoms with Crippen LogP contribution in [0.25, 0.3) is 10.9 Å². The summed E-state index contributed by atoms with van der Waals surface area (Å²) in [5.74, 6) is 0.0372. The summed E-state index contributed by atoms with van der Waals surface area (Å²) < 4.78 is 0.988. The highest BCUT2D eigenvalue weighted by atomic mass is 79.9. The first-order valence-corrected chi connectivity index (χ1v) is 6.92. The highest BCUT2D eigenvalue weighted by Crippen LogP contribution is 2.37. The lowest BCUT2D eigenvalue weighted by Gasteiger charge is -1.95. The van der Waals surface area contributed by atoms with Gasteiger partial charge in [0.15, 0.2) is 5.69 Å². The maximum Gasteiger partial charge on any atom is 0.218 e. The van der Waals surface area contributed by atoms with Crippen LogP contribution >= 0.6 is 15.9 Å². The van der Waals surface area contributed by atoms with Crippen LogP contribution < -0.4 is 0 Å². The van der Waals surface area contributed by atoms with Crippen LogP contribution in [0.15, 0.2) is 57.2 Å². The van der Waals surface area contributed by atoms with Gasteiger partial charge in [-0.3, -0.25) is 0 Å². The lowest BCUT2D eigenvalue weighted by Crippen LogP contribution is -1.73. The van der Waals surface area contributed by atoms with Gasteiger partial charge in [-0.15, -0.1) is 5.11 Å². The first-order valence-electron chi connectivity index (χ1n) is 6.13. The Hall–Kier alpha value is -2.14. The van der Waals surface area contributed by atoms with Crippen LogP contribution in [-0.4, -0.2) is 10.1 Å². The summed E-state index contributed by atoms with van der Waals surface area (Å²) in [5.41, 5.74) is 3.14. The van der Waals surface area contributed by atoms with Gasteiger partial charge < -0.3 is 10.1 Å². The number of hydrogen-bond acceptors (Lipinski definition) is 3. The molecule has 0 aliphatic carbocycles. The van der Waals surface area contributed by atoms with Crippen LogP contribution in [0.2, 0.25) is 0 Å². The maximum atomic E-state index is 9.96. The van der Waals surface area contributed by atoms with E-state index in [9.17, 15) is 5.11 Å². The summed E-state index contributed by atoms with van der Waals surface area (Å²) in [5, 5.41) is 19.1. The Kier molecular flexibility index (Phi) is 3.28. The smallest absolute Gasteiger partial charge is 0.218 e. The third-order valence-electron chi connectivity index (χ3n) is 3.09. The fourth-order valence-corrected chi connectivity index (χ4v) is 2.32. The monoisotopic (exact) mass is 329 g/mol. The molecule has 3 rings (SSSR count). The Morgan fingerprint density at radius 1 is 1.05 bits per heavy atom. The van der Waals surface area contributed by atoms with Crippen molar-refractivity contribution in [3.05, 3.63) is 52.5 Å². The molecule has 0 saturated carbocycles. The largest absolute Gasteiger partial charge is 0.493 e. The van der Waals surface area contributed by atoms with Crippen LogP contribution in [0, 0.1) is 6.92 Å². The number of nitrogens with one attached hydrogen (secondary N) is 1. The number of aromatic amines is 1. The number of halogens is 1. The summed E-state index contributed by atoms with van der Waals surface area (Å²) in [6.07, 6.45) is 0. The predicted molar refractivity (Wildman–Crippen MR) is 83.0 cm³/mol. The lowest BCUT2D eigenvalue weighted by atomic mass is 10.1. The van der Waals surface area contributed by atoms with Crippen molar-refractivity contribution in [3.63, 3.8) is 0 Å². The number of fused-ring (bicyclic) bond motifs is 1. The number of rotatable bonds is 2. The minimum Gasteiger partial charge on any atom is -0.493 e. The topological polar surface area (TPSA) is 60.7 Å². The number of aromatic nitrogens is 1. The zero-order chi connectivity index (χ0) is 14.1. The van der Waals surface area contributed by atoms with Crippen LogP contribution in [0.3, 0.4) is 0 Å². The molecule has 0 spiro atoms. The van der Waals surface area contributed by atoms with Crippen LogP contribution in [0.5, 0.6) is 5.88 Å². The van der Waals surface area contributed by atoms with Gasteiger partial charge in [-0.2, -0.15) is 5.11 Å². The normalized spacial score (nSPS) is 11.5. The van der Waals surface area contributed by atoms with Crippen molar-refractivity contribution in [1.82, 2.24) is 4.98 Å². The quantitative estimate of drug-likeness (QED) is 0.611. The number of aromatic hydroxyl groups is 1. The third-order valence-corrected chi connectivity index (χ3v) is 3.62. The minimum atomic E-state index is 0.0372. The molecule has 2 N–H and O–H groups in total. The van der Waals surface area contributed by atoms with E-state index in [1.165, 1.54) is 0 Å². The first kappa shape index (κ1) is 12.9. The lowest BCUT2D eigenvalue weighted by molar-refractivity contribution is 0.459. The molecule has 0 bridgehead atoms. The molecule has 100 valence electrons. The molecular formula is C15H12BrN3O. The zero-order valence-corrected chi connectivity index (χ0v) is 12.3. The minimum absolute atomic E-state index is 0.0372. The van der Waals surface area contributed by atoms with Crippen LogP contribution in [0.4, 0.5) is 11.4 Å². The molecule has 2 aromatic carbocycles. The van der Waals surface area contributed by atoms with Crippen molar-refractivity contribution in [3.8, 4) is 5.88 Å². The fraction of sp³-hybridized carbons (Fsp3) is 0.0667. The van der Waals surface area contributed by atoms with Crippen molar-refractivity contribution in [2.45, 2.75) is 6.92 Å². The molecule has 1 heterocycles. The second kappa shape index (κ2) is 5.09. The Morgan fingerprint density at radius 3 is 2.55 bits per heavy atom. The standard InChI is InChI=1S/C15H12BrN3O/c1-9-3-2-4-12-13(9)17-15(20)14(12)19-18-11-7-5-10(16)6-8-11/h2-8,17,20H,1H3. The summed E-state index contributed by atoms with van der Waals surface area (Å²) in [4.78, 5) is 2.94. The number of aryl methyl sites for hydroxylation is 1. The molecule has 0 saturated heterocycles. The molecule has 0 aliphatic heterocycles. The average Bonchev–Trinajstić information content (AvgIpc) is 2.76. The Bertz CT molecular complexity index is 791. The number of azo groups is 1. The van der Waals surface area contributed by atoms with Gasteiger partial charge in [0.25, 0.3) is 0 Å². The van der Waals surface area contributed by atoms with Gasteiger partial charge in [0, 0.05) is 9.86 Å². The molecule has 0 amide bonds. The Balaban J connectivity index is 2.04. The summed E-state index contributed by atoms with van der Waals surface area (Å²) in [7, 11) is 0. The Labute approximate surface area is 124 Å². The van der Waals surface area contributed by atoms with E-state index in [1.54, 1.807) is 0 Å². The van der Waals surface area contributed by atoms with Crippen LogP contribution in [0.1, 0.15) is 5.56 Å². The first-order chi connectivity index (χ1) is 9.65. The molecule has 0 unspecified atom stereocenters. The molecule has 3 aromatic rings. The Morgan fingerprint density at radius 2 is 1.80 bits per heavy atom. The van der Waals surface area contributed by atoms with E-state index in [1.807, 2.05) is 49.4 Å². The second-order valence-corrected chi connectivity index (χ2v) is 5.41. The second-order valence-electron chi connectivity index (χ2n) is 4.50. The summed E-state index contributed by atoms with van der Waals surface area (Å²) in [6.45, 7) is 1.98. The van der Waals surface area contributed by atoms with Gasteiger partial charge in [0.1, 0.15) is 0 Å². The van der Waals surface area contributed by atoms with E-state index >= 15 is 0 Å². The number of nitrogens with zero attached hydrogens (tertiary/aromatic N) is 2. The summed E-state index contributed by atoms with van der Waals surface area (Å²) >= 11 is 3.37. The number of H-pyrrole nitrogens is 1. The van der Waals surface area contributed by atoms with Gasteiger partial charge >= 0.3 is 0 Å². The van der Waals surface area contributed by atoms with Gasteiger partial charge in [-0.1, -0.05) is 34.1 Å². The SMILES string of the molecule is Cc1cccc2c(N=Nc3ccc(Br)cc3)c(O)[nH]c12. The predicted octanol–water partition coefficient (Wildman–Crippen LogP) is 5.36. The molecule has 1 aromatic heterocycles. The highest BCUT2D eigenvalue weighted by molar-refractivity contribution is 9.10. The number of hydrogen-bond donors (Lipinski definition) is 2. The third kappa shape index (κ3) is 2.32. The molecule has 0 aliphatic rings. The molecule has 0 fully saturated rings. The summed E-state index contributed by atoms with van der Waals surface area (Å²) in [6, 6.07) is 13.3. The van der Waals surface area contributed by atoms with Crippen molar-refractivity contribution in [2.24, 2.45) is 10.2 Å². The molecule has 4 nitrogen and oxygen atoms in total. The van der Waals surface area contributed by atoms with Crippen molar-refractivity contribution < 1.29 is 5.11 Å². The van der Waals surface area contributed by atoms with Gasteiger partial charge in [0.05, 0.1) is 11.2 Å². The van der Waals surface area contributed by atoms with Gasteiger partial charge in [-0.05, 0) is 36.8 Å². The van der Waals surface area contributed by atoms with Crippen molar-refractivity contribution in [1.29, 1.82) is 0 Å².